The van der Waals surface area contributed by atoms with E-state index in [0.29, 0.717) is 16.4 Å². The molecule has 0 saturated carbocycles. The third kappa shape index (κ3) is 4.92. The van der Waals surface area contributed by atoms with E-state index in [-0.39, 0.29) is 0 Å². The van der Waals surface area contributed by atoms with Gasteiger partial charge < -0.3 is 9.13 Å². The van der Waals surface area contributed by atoms with Crippen molar-refractivity contribution in [3.05, 3.63) is 176 Å². The van der Waals surface area contributed by atoms with Crippen LogP contribution in [0.15, 0.2) is 176 Å². The van der Waals surface area contributed by atoms with Crippen molar-refractivity contribution in [1.29, 1.82) is 0 Å². The minimum atomic E-state index is 0.469. The monoisotopic (exact) mass is 666 g/mol. The van der Waals surface area contributed by atoms with Gasteiger partial charge in [-0.1, -0.05) is 138 Å². The van der Waals surface area contributed by atoms with Crippen molar-refractivity contribution in [3.63, 3.8) is 0 Å². The Bertz CT molecular complexity index is 3020. The van der Waals surface area contributed by atoms with Crippen LogP contribution >= 0.6 is 0 Å². The van der Waals surface area contributed by atoms with Gasteiger partial charge in [-0.15, -0.1) is 0 Å². The van der Waals surface area contributed by atoms with Crippen LogP contribution in [-0.4, -0.2) is 32.7 Å². The van der Waals surface area contributed by atoms with E-state index in [0.717, 1.165) is 77.2 Å². The molecule has 53 heavy (non-hydrogen) atoms. The highest BCUT2D eigenvalue weighted by molar-refractivity contribution is 6.60. The molecule has 2 heterocycles. The van der Waals surface area contributed by atoms with Crippen LogP contribution in [0.2, 0.25) is 0 Å². The number of benzene rings is 8. The average molecular weight is 666 g/mol. The van der Waals surface area contributed by atoms with Crippen LogP contribution in [0.1, 0.15) is 0 Å². The number of nitrogens with zero attached hydrogens (tertiary/aromatic N) is 2. The van der Waals surface area contributed by atoms with Crippen molar-refractivity contribution < 1.29 is 0 Å². The molecule has 0 N–H and O–H groups in total. The van der Waals surface area contributed by atoms with E-state index in [4.69, 9.17) is 23.5 Å². The van der Waals surface area contributed by atoms with Crippen LogP contribution in [0.3, 0.4) is 0 Å². The van der Waals surface area contributed by atoms with Gasteiger partial charge in [-0.05, 0) is 88.0 Å². The largest absolute Gasteiger partial charge is 0.310 e. The Hall–Kier alpha value is -6.45. The van der Waals surface area contributed by atoms with Crippen molar-refractivity contribution in [2.45, 2.75) is 0 Å². The topological polar surface area (TPSA) is 9.86 Å². The fraction of sp³-hybridized carbons (Fsp3) is 0. The molecule has 0 aliphatic heterocycles. The standard InChI is InChI=1S/C48H29B3N2/c49-45-43(34-24-26-41-38(29-34)37-21-10-11-22-40(37)52(41)36-20-12-17-32(27-36)30-13-4-1-5-14-30)46(50)47(51)48-44(45)39-28-33(31-15-6-2-7-16-31)23-25-42(39)53(48)35-18-8-3-9-19-35/h1-29H. The fourth-order valence-electron chi connectivity index (χ4n) is 8.18. The molecule has 240 valence electrons. The second kappa shape index (κ2) is 12.4. The molecule has 0 aliphatic carbocycles. The smallest absolute Gasteiger partial charge is 0.115 e. The molecule has 5 heteroatoms. The van der Waals surface area contributed by atoms with Crippen LogP contribution in [0.5, 0.6) is 0 Å². The summed E-state index contributed by atoms with van der Waals surface area (Å²) < 4.78 is 4.52. The third-order valence-electron chi connectivity index (χ3n) is 10.6. The zero-order chi connectivity index (χ0) is 35.6. The first-order chi connectivity index (χ1) is 26.1. The van der Waals surface area contributed by atoms with Gasteiger partial charge in [0, 0.05) is 38.4 Å². The summed E-state index contributed by atoms with van der Waals surface area (Å²) in [5.74, 6) is 0. The fourth-order valence-corrected chi connectivity index (χ4v) is 8.18. The minimum absolute atomic E-state index is 0.469. The van der Waals surface area contributed by atoms with E-state index in [1.54, 1.807) is 0 Å². The lowest BCUT2D eigenvalue weighted by Crippen LogP contribution is -2.35. The average Bonchev–Trinajstić information content (AvgIpc) is 3.74. The number of para-hydroxylation sites is 2. The number of aromatic nitrogens is 2. The molecule has 2 nitrogen and oxygen atoms in total. The van der Waals surface area contributed by atoms with Crippen LogP contribution < -0.4 is 16.4 Å². The van der Waals surface area contributed by atoms with Crippen molar-refractivity contribution in [1.82, 2.24) is 9.13 Å². The number of rotatable bonds is 5. The maximum absolute atomic E-state index is 7.34. The molecule has 10 aromatic rings. The van der Waals surface area contributed by atoms with Crippen molar-refractivity contribution >= 4 is 83.5 Å². The van der Waals surface area contributed by atoms with Crippen LogP contribution in [0.4, 0.5) is 0 Å². The van der Waals surface area contributed by atoms with Crippen molar-refractivity contribution in [3.8, 4) is 44.8 Å². The van der Waals surface area contributed by atoms with Crippen LogP contribution in [-0.2, 0) is 0 Å². The molecule has 0 bridgehead atoms. The molecule has 0 unspecified atom stereocenters. The molecule has 8 aromatic carbocycles. The first-order valence-corrected chi connectivity index (χ1v) is 17.8. The van der Waals surface area contributed by atoms with Crippen molar-refractivity contribution in [2.24, 2.45) is 0 Å². The quantitative estimate of drug-likeness (QED) is 0.162. The van der Waals surface area contributed by atoms with Gasteiger partial charge >= 0.3 is 0 Å². The molecule has 0 aliphatic rings. The Morgan fingerprint density at radius 3 is 1.57 bits per heavy atom. The van der Waals surface area contributed by atoms with Crippen LogP contribution in [0, 0.1) is 0 Å². The van der Waals surface area contributed by atoms with Gasteiger partial charge in [0.15, 0.2) is 0 Å². The molecular formula is C48H29B3N2. The van der Waals surface area contributed by atoms with E-state index in [1.165, 1.54) is 11.1 Å². The van der Waals surface area contributed by atoms with Gasteiger partial charge in [-0.3, -0.25) is 0 Å². The van der Waals surface area contributed by atoms with Gasteiger partial charge in [0.2, 0.25) is 0 Å². The highest BCUT2D eigenvalue weighted by Crippen LogP contribution is 2.38. The third-order valence-corrected chi connectivity index (χ3v) is 10.6. The van der Waals surface area contributed by atoms with Crippen molar-refractivity contribution in [2.75, 3.05) is 0 Å². The number of fused-ring (bicyclic) bond motifs is 6. The maximum Gasteiger partial charge on any atom is 0.115 e. The summed E-state index contributed by atoms with van der Waals surface area (Å²) in [6, 6.07) is 61.5. The highest BCUT2D eigenvalue weighted by atomic mass is 15.0. The Kier molecular flexibility index (Phi) is 7.30. The molecule has 6 radical (unpaired) electrons. The van der Waals surface area contributed by atoms with Gasteiger partial charge in [-0.2, -0.15) is 0 Å². The summed E-state index contributed by atoms with van der Waals surface area (Å²) in [7, 11) is 21.5. The van der Waals surface area contributed by atoms with Gasteiger partial charge in [0.05, 0.1) is 16.6 Å². The van der Waals surface area contributed by atoms with Gasteiger partial charge in [0.25, 0.3) is 0 Å². The summed E-state index contributed by atoms with van der Waals surface area (Å²) in [5, 5.41) is 4.17. The lowest BCUT2D eigenvalue weighted by Gasteiger charge is -2.19. The predicted molar refractivity (Wildman–Crippen MR) is 228 cm³/mol. The van der Waals surface area contributed by atoms with Gasteiger partial charge in [0.1, 0.15) is 23.5 Å². The predicted octanol–water partition coefficient (Wildman–Crippen LogP) is 9.26. The van der Waals surface area contributed by atoms with E-state index in [1.807, 2.05) is 30.3 Å². The SMILES string of the molecule is [B]c1c(-c2ccc3c(c2)c2ccccc2n3-c2cccc(-c3ccccc3)c2)c([B])c2c3cc(-c4ccccc4)ccc3n(-c3ccccc3)c2c1[B]. The summed E-state index contributed by atoms with van der Waals surface area (Å²) in [6.07, 6.45) is 0. The number of hydrogen-bond donors (Lipinski definition) is 0. The molecule has 0 spiro atoms. The molecule has 0 atom stereocenters. The lowest BCUT2D eigenvalue weighted by molar-refractivity contribution is 1.18. The second-order valence-corrected chi connectivity index (χ2v) is 13.6. The summed E-state index contributed by atoms with van der Waals surface area (Å²) >= 11 is 0. The zero-order valence-corrected chi connectivity index (χ0v) is 28.9. The van der Waals surface area contributed by atoms with E-state index in [9.17, 15) is 0 Å². The Morgan fingerprint density at radius 1 is 0.321 bits per heavy atom. The number of hydrogen-bond acceptors (Lipinski definition) is 0. The van der Waals surface area contributed by atoms with E-state index < -0.39 is 0 Å². The Morgan fingerprint density at radius 2 is 0.849 bits per heavy atom. The molecule has 0 saturated heterocycles. The normalized spacial score (nSPS) is 11.6. The first-order valence-electron chi connectivity index (χ1n) is 17.8. The summed E-state index contributed by atoms with van der Waals surface area (Å²) in [5.41, 5.74) is 14.0. The second-order valence-electron chi connectivity index (χ2n) is 13.6. The summed E-state index contributed by atoms with van der Waals surface area (Å²) in [6.45, 7) is 0. The molecular weight excluding hydrogens is 637 g/mol. The minimum Gasteiger partial charge on any atom is -0.310 e. The highest BCUT2D eigenvalue weighted by Gasteiger charge is 2.22. The van der Waals surface area contributed by atoms with E-state index >= 15 is 0 Å². The maximum atomic E-state index is 7.34. The summed E-state index contributed by atoms with van der Waals surface area (Å²) in [4.78, 5) is 0. The Labute approximate surface area is 312 Å². The zero-order valence-electron chi connectivity index (χ0n) is 28.9. The van der Waals surface area contributed by atoms with Crippen LogP contribution in [0.25, 0.3) is 88.4 Å². The molecule has 0 amide bonds. The molecule has 0 fully saturated rings. The first kappa shape index (κ1) is 31.3. The van der Waals surface area contributed by atoms with E-state index in [2.05, 4.69) is 155 Å². The lowest BCUT2D eigenvalue weighted by atomic mass is 9.69. The molecule has 2 aromatic heterocycles. The Balaban J connectivity index is 1.23. The van der Waals surface area contributed by atoms with Gasteiger partial charge in [-0.25, -0.2) is 0 Å². The molecule has 10 rings (SSSR count).